The zero-order chi connectivity index (χ0) is 11.6. The van der Waals surface area contributed by atoms with Crippen LogP contribution >= 0.6 is 11.6 Å². The second-order valence-electron chi connectivity index (χ2n) is 3.15. The fraction of sp³-hybridized carbons (Fsp3) is 0.400. The number of halogens is 4. The van der Waals surface area contributed by atoms with Crippen LogP contribution in [0.2, 0.25) is 5.02 Å². The monoisotopic (exact) mass is 238 g/mol. The Morgan fingerprint density at radius 3 is 2.47 bits per heavy atom. The third-order valence-corrected chi connectivity index (χ3v) is 2.42. The minimum absolute atomic E-state index is 0.0722. The first-order valence-electron chi connectivity index (χ1n) is 4.39. The molecule has 0 spiro atoms. The third-order valence-electron chi connectivity index (χ3n) is 2.07. The van der Waals surface area contributed by atoms with Crippen molar-refractivity contribution in [3.8, 4) is 0 Å². The Balaban J connectivity index is 3.12. The lowest BCUT2D eigenvalue weighted by Gasteiger charge is -2.16. The molecule has 1 aromatic rings. The Kier molecular flexibility index (Phi) is 3.62. The van der Waals surface area contributed by atoms with Gasteiger partial charge < -0.3 is 5.11 Å². The van der Waals surface area contributed by atoms with Crippen LogP contribution in [-0.2, 0) is 6.42 Å². The highest BCUT2D eigenvalue weighted by molar-refractivity contribution is 6.31. The molecule has 84 valence electrons. The quantitative estimate of drug-likeness (QED) is 0.836. The number of aryl methyl sites for hydroxylation is 1. The van der Waals surface area contributed by atoms with Crippen LogP contribution in [-0.4, -0.2) is 11.3 Å². The lowest BCUT2D eigenvalue weighted by atomic mass is 10.0. The van der Waals surface area contributed by atoms with Crippen LogP contribution < -0.4 is 0 Å². The third kappa shape index (κ3) is 2.86. The van der Waals surface area contributed by atoms with Crippen molar-refractivity contribution >= 4 is 11.6 Å². The number of hydrogen-bond donors (Lipinski definition) is 1. The molecule has 5 heteroatoms. The van der Waals surface area contributed by atoms with Crippen LogP contribution in [0.3, 0.4) is 0 Å². The molecule has 1 atom stereocenters. The van der Waals surface area contributed by atoms with E-state index in [1.807, 2.05) is 6.92 Å². The Bertz CT molecular complexity index is 349. The molecule has 0 saturated carbocycles. The van der Waals surface area contributed by atoms with E-state index < -0.39 is 12.3 Å². The summed E-state index contributed by atoms with van der Waals surface area (Å²) in [5.41, 5.74) is 0.418. The second-order valence-corrected chi connectivity index (χ2v) is 3.56. The number of rotatable bonds is 2. The van der Waals surface area contributed by atoms with Gasteiger partial charge in [-0.1, -0.05) is 30.7 Å². The molecular formula is C10H10ClF3O. The molecule has 1 rings (SSSR count). The number of alkyl halides is 3. The van der Waals surface area contributed by atoms with Crippen molar-refractivity contribution in [2.24, 2.45) is 0 Å². The summed E-state index contributed by atoms with van der Waals surface area (Å²) < 4.78 is 36.7. The first-order chi connectivity index (χ1) is 6.86. The van der Waals surface area contributed by atoms with E-state index in [-0.39, 0.29) is 10.6 Å². The molecule has 1 unspecified atom stereocenters. The van der Waals surface area contributed by atoms with Gasteiger partial charge in [0.25, 0.3) is 0 Å². The minimum atomic E-state index is -4.68. The topological polar surface area (TPSA) is 20.2 Å². The van der Waals surface area contributed by atoms with E-state index >= 15 is 0 Å². The van der Waals surface area contributed by atoms with Crippen molar-refractivity contribution in [1.82, 2.24) is 0 Å². The van der Waals surface area contributed by atoms with Crippen LogP contribution in [0, 0.1) is 0 Å². The van der Waals surface area contributed by atoms with Gasteiger partial charge in [-0.2, -0.15) is 13.2 Å². The van der Waals surface area contributed by atoms with Crippen LogP contribution in [0.15, 0.2) is 18.2 Å². The Hall–Kier alpha value is -0.740. The molecule has 0 aliphatic carbocycles. The van der Waals surface area contributed by atoms with Gasteiger partial charge in [-0.15, -0.1) is 0 Å². The molecule has 15 heavy (non-hydrogen) atoms. The molecule has 0 aliphatic heterocycles. The SMILES string of the molecule is CCc1ccc(Cl)c(C(O)C(F)(F)F)c1. The molecule has 1 aromatic carbocycles. The van der Waals surface area contributed by atoms with Gasteiger partial charge in [0.1, 0.15) is 0 Å². The number of aliphatic hydroxyl groups excluding tert-OH is 1. The van der Waals surface area contributed by atoms with Gasteiger partial charge in [0.15, 0.2) is 6.10 Å². The van der Waals surface area contributed by atoms with Crippen molar-refractivity contribution in [2.45, 2.75) is 25.6 Å². The van der Waals surface area contributed by atoms with Gasteiger partial charge in [0.05, 0.1) is 0 Å². The normalized spacial score (nSPS) is 14.0. The molecule has 0 radical (unpaired) electrons. The first kappa shape index (κ1) is 12.3. The standard InChI is InChI=1S/C10H10ClF3O/c1-2-6-3-4-8(11)7(5-6)9(15)10(12,13)14/h3-5,9,15H,2H2,1H3. The molecule has 0 aliphatic rings. The summed E-state index contributed by atoms with van der Waals surface area (Å²) in [6.45, 7) is 1.81. The van der Waals surface area contributed by atoms with Gasteiger partial charge in [0, 0.05) is 10.6 Å². The highest BCUT2D eigenvalue weighted by Gasteiger charge is 2.40. The van der Waals surface area contributed by atoms with Gasteiger partial charge in [-0.25, -0.2) is 0 Å². The van der Waals surface area contributed by atoms with Crippen molar-refractivity contribution in [2.75, 3.05) is 0 Å². The average Bonchev–Trinajstić information content (AvgIpc) is 2.16. The number of benzene rings is 1. The van der Waals surface area contributed by atoms with Crippen molar-refractivity contribution in [3.63, 3.8) is 0 Å². The Morgan fingerprint density at radius 1 is 1.40 bits per heavy atom. The molecule has 1 N–H and O–H groups in total. The van der Waals surface area contributed by atoms with Gasteiger partial charge in [-0.3, -0.25) is 0 Å². The zero-order valence-corrected chi connectivity index (χ0v) is 8.73. The maximum atomic E-state index is 12.2. The van der Waals surface area contributed by atoms with Crippen molar-refractivity contribution in [3.05, 3.63) is 34.3 Å². The summed E-state index contributed by atoms with van der Waals surface area (Å²) in [5.74, 6) is 0. The van der Waals surface area contributed by atoms with E-state index in [0.29, 0.717) is 12.0 Å². The average molecular weight is 239 g/mol. The molecule has 0 saturated heterocycles. The van der Waals surface area contributed by atoms with Crippen LogP contribution in [0.25, 0.3) is 0 Å². The summed E-state index contributed by atoms with van der Waals surface area (Å²) in [4.78, 5) is 0. The van der Waals surface area contributed by atoms with Crippen LogP contribution in [0.5, 0.6) is 0 Å². The summed E-state index contributed by atoms with van der Waals surface area (Å²) in [7, 11) is 0. The van der Waals surface area contributed by atoms with E-state index in [4.69, 9.17) is 16.7 Å². The molecule has 1 nitrogen and oxygen atoms in total. The maximum Gasteiger partial charge on any atom is 0.418 e. The largest absolute Gasteiger partial charge is 0.418 e. The summed E-state index contributed by atoms with van der Waals surface area (Å²) >= 11 is 5.59. The number of hydrogen-bond acceptors (Lipinski definition) is 1. The van der Waals surface area contributed by atoms with E-state index in [1.165, 1.54) is 12.1 Å². The van der Waals surface area contributed by atoms with E-state index in [2.05, 4.69) is 0 Å². The summed E-state index contributed by atoms with van der Waals surface area (Å²) in [5, 5.41) is 8.98. The lowest BCUT2D eigenvalue weighted by Crippen LogP contribution is -2.20. The van der Waals surface area contributed by atoms with Crippen LogP contribution in [0.1, 0.15) is 24.2 Å². The molecule has 0 heterocycles. The van der Waals surface area contributed by atoms with Crippen LogP contribution in [0.4, 0.5) is 13.2 Å². The van der Waals surface area contributed by atoms with E-state index in [0.717, 1.165) is 0 Å². The fourth-order valence-electron chi connectivity index (χ4n) is 1.20. The highest BCUT2D eigenvalue weighted by Crippen LogP contribution is 2.36. The highest BCUT2D eigenvalue weighted by atomic mass is 35.5. The molecule has 0 amide bonds. The molecule has 0 aromatic heterocycles. The van der Waals surface area contributed by atoms with E-state index in [1.54, 1.807) is 6.07 Å². The predicted molar refractivity (Wildman–Crippen MR) is 51.8 cm³/mol. The first-order valence-corrected chi connectivity index (χ1v) is 4.77. The smallest absolute Gasteiger partial charge is 0.379 e. The summed E-state index contributed by atoms with van der Waals surface area (Å²) in [6, 6.07) is 4.28. The maximum absolute atomic E-state index is 12.2. The van der Waals surface area contributed by atoms with Gasteiger partial charge in [0.2, 0.25) is 0 Å². The second kappa shape index (κ2) is 4.41. The van der Waals surface area contributed by atoms with Crippen molar-refractivity contribution in [1.29, 1.82) is 0 Å². The Morgan fingerprint density at radius 2 is 2.00 bits per heavy atom. The van der Waals surface area contributed by atoms with Crippen molar-refractivity contribution < 1.29 is 18.3 Å². The van der Waals surface area contributed by atoms with Gasteiger partial charge >= 0.3 is 6.18 Å². The zero-order valence-electron chi connectivity index (χ0n) is 7.98. The molecule has 0 fully saturated rings. The Labute approximate surface area is 90.5 Å². The van der Waals surface area contributed by atoms with Gasteiger partial charge in [-0.05, 0) is 18.1 Å². The lowest BCUT2D eigenvalue weighted by molar-refractivity contribution is -0.206. The summed E-state index contributed by atoms with van der Waals surface area (Å²) in [6.07, 6.45) is -6.61. The molecule has 0 bridgehead atoms. The fourth-order valence-corrected chi connectivity index (χ4v) is 1.42. The predicted octanol–water partition coefficient (Wildman–Crippen LogP) is 3.50. The van der Waals surface area contributed by atoms with E-state index in [9.17, 15) is 13.2 Å². The molecular weight excluding hydrogens is 229 g/mol. The minimum Gasteiger partial charge on any atom is -0.379 e. The number of aliphatic hydroxyl groups is 1.